The van der Waals surface area contributed by atoms with E-state index in [2.05, 4.69) is 19.9 Å². The van der Waals surface area contributed by atoms with Gasteiger partial charge in [-0.25, -0.2) is 23.7 Å². The summed E-state index contributed by atoms with van der Waals surface area (Å²) in [5.41, 5.74) is 2.04. The highest BCUT2D eigenvalue weighted by molar-refractivity contribution is 5.93. The fraction of sp³-hybridized carbons (Fsp3) is 0.222. The van der Waals surface area contributed by atoms with E-state index in [1.54, 1.807) is 0 Å². The number of imidazole rings is 1. The molecule has 0 saturated heterocycles. The molecule has 5 rings (SSSR count). The minimum absolute atomic E-state index is 0.0730. The Morgan fingerprint density at radius 3 is 3.11 bits per heavy atom. The van der Waals surface area contributed by atoms with Crippen molar-refractivity contribution in [2.45, 2.75) is 19.1 Å². The van der Waals surface area contributed by atoms with E-state index in [4.69, 9.17) is 8.83 Å². The van der Waals surface area contributed by atoms with Crippen LogP contribution in [-0.2, 0) is 13.1 Å². The van der Waals surface area contributed by atoms with E-state index >= 15 is 0 Å². The van der Waals surface area contributed by atoms with Crippen molar-refractivity contribution in [2.24, 2.45) is 0 Å². The maximum Gasteiger partial charge on any atom is 0.292 e. The third-order valence-electron chi connectivity index (χ3n) is 4.75. The number of H-pyrrole nitrogens is 1. The van der Waals surface area contributed by atoms with Gasteiger partial charge >= 0.3 is 0 Å². The van der Waals surface area contributed by atoms with Gasteiger partial charge in [-0.1, -0.05) is 0 Å². The molecule has 1 amide bonds. The summed E-state index contributed by atoms with van der Waals surface area (Å²) in [4.78, 5) is 30.0. The van der Waals surface area contributed by atoms with Crippen molar-refractivity contribution >= 4 is 17.0 Å². The number of carbonyl (C=O) groups is 1. The second kappa shape index (κ2) is 6.25. The van der Waals surface area contributed by atoms with E-state index in [1.807, 2.05) is 0 Å². The number of benzene rings is 1. The molecule has 10 heteroatoms. The summed E-state index contributed by atoms with van der Waals surface area (Å²) in [6.45, 7) is -0.621. The number of carbonyl (C=O) groups excluding carboxylic acids is 1. The second-order valence-corrected chi connectivity index (χ2v) is 6.34. The van der Waals surface area contributed by atoms with Crippen LogP contribution in [0.1, 0.15) is 39.6 Å². The van der Waals surface area contributed by atoms with E-state index in [1.165, 1.54) is 29.4 Å². The van der Waals surface area contributed by atoms with Crippen LogP contribution in [0.3, 0.4) is 0 Å². The van der Waals surface area contributed by atoms with E-state index in [9.17, 15) is 13.6 Å². The summed E-state index contributed by atoms with van der Waals surface area (Å²) in [5, 5.41) is 0. The van der Waals surface area contributed by atoms with Gasteiger partial charge in [-0.15, -0.1) is 0 Å². The largest absolute Gasteiger partial charge is 0.438 e. The summed E-state index contributed by atoms with van der Waals surface area (Å²) < 4.78 is 37.6. The first-order valence-electron chi connectivity index (χ1n) is 8.53. The van der Waals surface area contributed by atoms with Crippen LogP contribution in [0.5, 0.6) is 0 Å². The number of aromatic nitrogens is 4. The molecule has 142 valence electrons. The average molecular weight is 385 g/mol. The molecule has 0 aliphatic carbocycles. The molecule has 0 saturated carbocycles. The van der Waals surface area contributed by atoms with E-state index < -0.39 is 24.4 Å². The van der Waals surface area contributed by atoms with Crippen molar-refractivity contribution in [3.63, 3.8) is 0 Å². The Labute approximate surface area is 156 Å². The third-order valence-corrected chi connectivity index (χ3v) is 4.75. The van der Waals surface area contributed by atoms with Crippen LogP contribution in [0.25, 0.3) is 11.1 Å². The Hall–Kier alpha value is -3.56. The molecule has 0 spiro atoms. The zero-order chi connectivity index (χ0) is 19.3. The van der Waals surface area contributed by atoms with E-state index in [0.717, 1.165) is 12.1 Å². The minimum Gasteiger partial charge on any atom is -0.438 e. The topological polar surface area (TPSA) is 101 Å². The number of nitrogens with zero attached hydrogens (tertiary/aromatic N) is 4. The molecule has 0 bridgehead atoms. The van der Waals surface area contributed by atoms with Gasteiger partial charge in [0.15, 0.2) is 18.0 Å². The molecule has 1 aromatic carbocycles. The predicted octanol–water partition coefficient (Wildman–Crippen LogP) is 2.94. The Bertz CT molecular complexity index is 1180. The van der Waals surface area contributed by atoms with Gasteiger partial charge in [0.25, 0.3) is 5.91 Å². The fourth-order valence-electron chi connectivity index (χ4n) is 3.45. The number of nitrogens with one attached hydrogen (secondary N) is 1. The number of rotatable bonds is 3. The first-order valence-corrected chi connectivity index (χ1v) is 8.53. The van der Waals surface area contributed by atoms with Gasteiger partial charge in [0.1, 0.15) is 23.7 Å². The summed E-state index contributed by atoms with van der Waals surface area (Å²) in [6.07, 6.45) is 3.07. The van der Waals surface area contributed by atoms with Gasteiger partial charge in [0, 0.05) is 24.7 Å². The van der Waals surface area contributed by atoms with Crippen molar-refractivity contribution in [1.29, 1.82) is 0 Å². The minimum atomic E-state index is -0.925. The van der Waals surface area contributed by atoms with E-state index in [0.29, 0.717) is 29.8 Å². The number of fused-ring (bicyclic) bond motifs is 2. The van der Waals surface area contributed by atoms with Crippen molar-refractivity contribution in [2.75, 3.05) is 6.54 Å². The number of aromatic amines is 1. The number of hydrogen-bond acceptors (Lipinski definition) is 6. The maximum absolute atomic E-state index is 13.5. The summed E-state index contributed by atoms with van der Waals surface area (Å²) in [6, 6.07) is 3.22. The Kier molecular flexibility index (Phi) is 3.71. The molecular weight excluding hydrogens is 372 g/mol. The normalized spacial score (nSPS) is 16.5. The van der Waals surface area contributed by atoms with Crippen molar-refractivity contribution in [1.82, 2.24) is 24.8 Å². The fourth-order valence-corrected chi connectivity index (χ4v) is 3.45. The first-order chi connectivity index (χ1) is 13.7. The van der Waals surface area contributed by atoms with Gasteiger partial charge in [-0.3, -0.25) is 4.79 Å². The molecule has 3 aromatic heterocycles. The van der Waals surface area contributed by atoms with Crippen LogP contribution in [0.15, 0.2) is 39.8 Å². The Morgan fingerprint density at radius 2 is 2.25 bits per heavy atom. The second-order valence-electron chi connectivity index (χ2n) is 6.34. The zero-order valence-electron chi connectivity index (χ0n) is 14.4. The predicted molar refractivity (Wildman–Crippen MR) is 90.5 cm³/mol. The quantitative estimate of drug-likeness (QED) is 0.582. The summed E-state index contributed by atoms with van der Waals surface area (Å²) in [5.74, 6) is -0.979. The van der Waals surface area contributed by atoms with Crippen LogP contribution in [0.4, 0.5) is 8.78 Å². The lowest BCUT2D eigenvalue weighted by molar-refractivity contribution is 0.0632. The molecule has 28 heavy (non-hydrogen) atoms. The van der Waals surface area contributed by atoms with Crippen LogP contribution in [0.2, 0.25) is 0 Å². The zero-order valence-corrected chi connectivity index (χ0v) is 14.4. The third kappa shape index (κ3) is 2.48. The molecule has 8 nitrogen and oxygen atoms in total. The molecule has 0 radical (unpaired) electrons. The van der Waals surface area contributed by atoms with Crippen molar-refractivity contribution in [3.8, 4) is 0 Å². The SMILES string of the molecule is O=C(c1ocnc1CF)N1CCc2[nH]cnc2[C@H]1c1nc2cc(F)ccc2o1. The summed E-state index contributed by atoms with van der Waals surface area (Å²) in [7, 11) is 0. The van der Waals surface area contributed by atoms with Crippen molar-refractivity contribution < 1.29 is 22.4 Å². The van der Waals surface area contributed by atoms with Gasteiger partial charge < -0.3 is 18.7 Å². The lowest BCUT2D eigenvalue weighted by Crippen LogP contribution is -2.41. The smallest absolute Gasteiger partial charge is 0.292 e. The molecule has 0 unspecified atom stereocenters. The number of alkyl halides is 1. The molecule has 1 aliphatic rings. The first kappa shape index (κ1) is 16.6. The Balaban J connectivity index is 1.63. The number of amides is 1. The monoisotopic (exact) mass is 385 g/mol. The average Bonchev–Trinajstić information content (AvgIpc) is 3.43. The molecule has 4 aromatic rings. The highest BCUT2D eigenvalue weighted by Gasteiger charge is 2.39. The van der Waals surface area contributed by atoms with Crippen molar-refractivity contribution in [3.05, 3.63) is 65.5 Å². The van der Waals surface area contributed by atoms with Gasteiger partial charge in [0.2, 0.25) is 11.7 Å². The molecule has 0 fully saturated rings. The van der Waals surface area contributed by atoms with Crippen LogP contribution >= 0.6 is 0 Å². The number of halogens is 2. The van der Waals surface area contributed by atoms with Crippen LogP contribution < -0.4 is 0 Å². The maximum atomic E-state index is 13.5. The lowest BCUT2D eigenvalue weighted by Gasteiger charge is -2.32. The Morgan fingerprint density at radius 1 is 1.36 bits per heavy atom. The number of hydrogen-bond donors (Lipinski definition) is 1. The van der Waals surface area contributed by atoms with Crippen LogP contribution in [0, 0.1) is 5.82 Å². The summed E-state index contributed by atoms with van der Waals surface area (Å²) >= 11 is 0. The van der Waals surface area contributed by atoms with Crippen LogP contribution in [-0.4, -0.2) is 37.3 Å². The lowest BCUT2D eigenvalue weighted by atomic mass is 10.0. The van der Waals surface area contributed by atoms with Gasteiger partial charge in [0.05, 0.1) is 12.0 Å². The molecule has 1 atom stereocenters. The molecule has 4 heterocycles. The number of oxazole rings is 2. The standard InChI is InChI=1S/C18H13F2N5O3/c19-6-12-16(27-8-23-12)18(26)25-4-3-10-14(22-7-21-10)15(25)17-24-11-5-9(20)1-2-13(11)28-17/h1-2,5,7-8,15H,3-4,6H2,(H,21,22)/t15-/m0/s1. The van der Waals surface area contributed by atoms with E-state index in [-0.39, 0.29) is 17.3 Å². The molecular formula is C18H13F2N5O3. The molecule has 1 N–H and O–H groups in total. The highest BCUT2D eigenvalue weighted by Crippen LogP contribution is 2.35. The molecule has 1 aliphatic heterocycles. The highest BCUT2D eigenvalue weighted by atomic mass is 19.1. The van der Waals surface area contributed by atoms with Gasteiger partial charge in [-0.05, 0) is 12.1 Å². The van der Waals surface area contributed by atoms with Gasteiger partial charge in [-0.2, -0.15) is 0 Å².